The SMILES string of the molecule is CCCCCCCCNC1(CCl)CCOCC1. The fourth-order valence-corrected chi connectivity index (χ4v) is 2.74. The molecule has 0 bridgehead atoms. The molecule has 0 amide bonds. The Balaban J connectivity index is 2.03. The van der Waals surface area contributed by atoms with Crippen LogP contribution in [0.1, 0.15) is 58.3 Å². The summed E-state index contributed by atoms with van der Waals surface area (Å²) in [6, 6.07) is 0. The highest BCUT2D eigenvalue weighted by Crippen LogP contribution is 2.22. The molecule has 0 aromatic heterocycles. The lowest BCUT2D eigenvalue weighted by molar-refractivity contribution is 0.0465. The summed E-state index contributed by atoms with van der Waals surface area (Å²) in [6.07, 6.45) is 10.2. The van der Waals surface area contributed by atoms with Crippen LogP contribution in [0.2, 0.25) is 0 Å². The van der Waals surface area contributed by atoms with Gasteiger partial charge in [0.2, 0.25) is 0 Å². The molecular formula is C14H28ClNO. The second kappa shape index (κ2) is 9.18. The van der Waals surface area contributed by atoms with Crippen molar-refractivity contribution < 1.29 is 4.74 Å². The molecule has 1 aliphatic heterocycles. The summed E-state index contributed by atoms with van der Waals surface area (Å²) in [6.45, 7) is 5.09. The van der Waals surface area contributed by atoms with Gasteiger partial charge in [0.15, 0.2) is 0 Å². The predicted octanol–water partition coefficient (Wildman–Crippen LogP) is 3.72. The number of ether oxygens (including phenoxy) is 1. The molecule has 0 atom stereocenters. The summed E-state index contributed by atoms with van der Waals surface area (Å²) in [5.41, 5.74) is 0.156. The predicted molar refractivity (Wildman–Crippen MR) is 74.9 cm³/mol. The zero-order valence-electron chi connectivity index (χ0n) is 11.3. The van der Waals surface area contributed by atoms with E-state index in [-0.39, 0.29) is 5.54 Å². The first-order chi connectivity index (χ1) is 8.33. The van der Waals surface area contributed by atoms with Crippen LogP contribution in [0.15, 0.2) is 0 Å². The third kappa shape index (κ3) is 6.08. The molecule has 1 aliphatic rings. The third-order valence-electron chi connectivity index (χ3n) is 3.74. The van der Waals surface area contributed by atoms with Gasteiger partial charge in [0.05, 0.1) is 0 Å². The largest absolute Gasteiger partial charge is 0.381 e. The van der Waals surface area contributed by atoms with E-state index < -0.39 is 0 Å². The quantitative estimate of drug-likeness (QED) is 0.505. The summed E-state index contributed by atoms with van der Waals surface area (Å²) >= 11 is 6.10. The maximum Gasteiger partial charge on any atom is 0.0484 e. The van der Waals surface area contributed by atoms with Crippen LogP contribution in [-0.2, 0) is 4.74 Å². The van der Waals surface area contributed by atoms with Crippen molar-refractivity contribution in [3.05, 3.63) is 0 Å². The summed E-state index contributed by atoms with van der Waals surface area (Å²) in [4.78, 5) is 0. The van der Waals surface area contributed by atoms with Gasteiger partial charge in [0.25, 0.3) is 0 Å². The lowest BCUT2D eigenvalue weighted by Crippen LogP contribution is -2.51. The number of rotatable bonds is 9. The maximum absolute atomic E-state index is 6.10. The number of halogens is 1. The molecule has 17 heavy (non-hydrogen) atoms. The van der Waals surface area contributed by atoms with Crippen molar-refractivity contribution in [3.8, 4) is 0 Å². The first-order valence-corrected chi connectivity index (χ1v) is 7.75. The molecule has 3 heteroatoms. The van der Waals surface area contributed by atoms with E-state index in [1.54, 1.807) is 0 Å². The van der Waals surface area contributed by atoms with Gasteiger partial charge in [0.1, 0.15) is 0 Å². The normalized spacial score (nSPS) is 19.4. The molecule has 1 heterocycles. The standard InChI is InChI=1S/C14H28ClNO/c1-2-3-4-5-6-7-10-16-14(13-15)8-11-17-12-9-14/h16H,2-13H2,1H3. The van der Waals surface area contributed by atoms with Crippen LogP contribution in [0.3, 0.4) is 0 Å². The minimum absolute atomic E-state index is 0.156. The highest BCUT2D eigenvalue weighted by molar-refractivity contribution is 6.18. The van der Waals surface area contributed by atoms with Crippen molar-refractivity contribution in [2.45, 2.75) is 63.8 Å². The number of nitrogens with one attached hydrogen (secondary N) is 1. The summed E-state index contributed by atoms with van der Waals surface area (Å²) in [5.74, 6) is 0.714. The average Bonchev–Trinajstić information content (AvgIpc) is 2.39. The molecule has 1 N–H and O–H groups in total. The summed E-state index contributed by atoms with van der Waals surface area (Å²) in [7, 11) is 0. The van der Waals surface area contributed by atoms with Gasteiger partial charge in [-0.05, 0) is 25.8 Å². The van der Waals surface area contributed by atoms with E-state index in [2.05, 4.69) is 12.2 Å². The average molecular weight is 262 g/mol. The number of hydrogen-bond acceptors (Lipinski definition) is 2. The van der Waals surface area contributed by atoms with Gasteiger partial charge >= 0.3 is 0 Å². The second-order valence-corrected chi connectivity index (χ2v) is 5.49. The number of alkyl halides is 1. The van der Waals surface area contributed by atoms with Crippen LogP contribution >= 0.6 is 11.6 Å². The molecule has 0 aromatic carbocycles. The van der Waals surface area contributed by atoms with Crippen LogP contribution in [0.4, 0.5) is 0 Å². The Hall–Kier alpha value is 0.210. The molecule has 1 fully saturated rings. The van der Waals surface area contributed by atoms with E-state index in [1.165, 1.54) is 38.5 Å². The fourth-order valence-electron chi connectivity index (χ4n) is 2.38. The zero-order chi connectivity index (χ0) is 12.4. The smallest absolute Gasteiger partial charge is 0.0484 e. The van der Waals surface area contributed by atoms with Gasteiger partial charge in [0, 0.05) is 24.6 Å². The lowest BCUT2D eigenvalue weighted by Gasteiger charge is -2.36. The topological polar surface area (TPSA) is 21.3 Å². The Morgan fingerprint density at radius 2 is 1.71 bits per heavy atom. The van der Waals surface area contributed by atoms with Crippen LogP contribution in [0, 0.1) is 0 Å². The van der Waals surface area contributed by atoms with Gasteiger partial charge in [-0.15, -0.1) is 11.6 Å². The van der Waals surface area contributed by atoms with Crippen molar-refractivity contribution in [3.63, 3.8) is 0 Å². The van der Waals surface area contributed by atoms with E-state index in [1.807, 2.05) is 0 Å². The molecule has 2 nitrogen and oxygen atoms in total. The minimum atomic E-state index is 0.156. The highest BCUT2D eigenvalue weighted by Gasteiger charge is 2.30. The molecule has 0 spiro atoms. The third-order valence-corrected chi connectivity index (χ3v) is 4.25. The molecule has 0 radical (unpaired) electrons. The van der Waals surface area contributed by atoms with E-state index in [0.29, 0.717) is 5.88 Å². The van der Waals surface area contributed by atoms with Crippen LogP contribution in [0.25, 0.3) is 0 Å². The Morgan fingerprint density at radius 3 is 2.35 bits per heavy atom. The molecular weight excluding hydrogens is 234 g/mol. The van der Waals surface area contributed by atoms with E-state index in [4.69, 9.17) is 16.3 Å². The Labute approximate surface area is 111 Å². The fraction of sp³-hybridized carbons (Fsp3) is 1.00. The monoisotopic (exact) mass is 261 g/mol. The van der Waals surface area contributed by atoms with Gasteiger partial charge in [-0.25, -0.2) is 0 Å². The molecule has 0 aromatic rings. The highest BCUT2D eigenvalue weighted by atomic mass is 35.5. The minimum Gasteiger partial charge on any atom is -0.381 e. The van der Waals surface area contributed by atoms with Crippen LogP contribution in [0.5, 0.6) is 0 Å². The molecule has 0 unspecified atom stereocenters. The van der Waals surface area contributed by atoms with Crippen molar-refractivity contribution in [2.75, 3.05) is 25.6 Å². The van der Waals surface area contributed by atoms with Crippen molar-refractivity contribution in [2.24, 2.45) is 0 Å². The first-order valence-electron chi connectivity index (χ1n) is 7.22. The lowest BCUT2D eigenvalue weighted by atomic mass is 9.92. The van der Waals surface area contributed by atoms with Crippen LogP contribution < -0.4 is 5.32 Å². The maximum atomic E-state index is 6.10. The van der Waals surface area contributed by atoms with Crippen molar-refractivity contribution in [1.29, 1.82) is 0 Å². The molecule has 0 saturated carbocycles. The second-order valence-electron chi connectivity index (χ2n) is 5.22. The van der Waals surface area contributed by atoms with Gasteiger partial charge in [-0.3, -0.25) is 0 Å². The van der Waals surface area contributed by atoms with Crippen molar-refractivity contribution >= 4 is 11.6 Å². The Bertz CT molecular complexity index is 181. The molecule has 102 valence electrons. The van der Waals surface area contributed by atoms with Gasteiger partial charge < -0.3 is 10.1 Å². The molecule has 0 aliphatic carbocycles. The number of hydrogen-bond donors (Lipinski definition) is 1. The summed E-state index contributed by atoms with van der Waals surface area (Å²) < 4.78 is 5.40. The van der Waals surface area contributed by atoms with E-state index in [9.17, 15) is 0 Å². The Kier molecular flexibility index (Phi) is 8.25. The van der Waals surface area contributed by atoms with E-state index in [0.717, 1.165) is 32.6 Å². The first kappa shape index (κ1) is 15.3. The number of unbranched alkanes of at least 4 members (excludes halogenated alkanes) is 5. The van der Waals surface area contributed by atoms with Gasteiger partial charge in [-0.2, -0.15) is 0 Å². The van der Waals surface area contributed by atoms with E-state index >= 15 is 0 Å². The van der Waals surface area contributed by atoms with Gasteiger partial charge in [-0.1, -0.05) is 39.0 Å². The Morgan fingerprint density at radius 1 is 1.06 bits per heavy atom. The summed E-state index contributed by atoms with van der Waals surface area (Å²) in [5, 5.41) is 3.66. The molecule has 1 saturated heterocycles. The zero-order valence-corrected chi connectivity index (χ0v) is 12.0. The molecule has 1 rings (SSSR count). The van der Waals surface area contributed by atoms with Crippen LogP contribution in [-0.4, -0.2) is 31.2 Å². The van der Waals surface area contributed by atoms with Crippen molar-refractivity contribution in [1.82, 2.24) is 5.32 Å².